The normalized spacial score (nSPS) is 20.0. The average molecular weight is 313 g/mol. The van der Waals surface area contributed by atoms with Gasteiger partial charge in [-0.25, -0.2) is 13.2 Å². The van der Waals surface area contributed by atoms with Crippen molar-refractivity contribution in [1.29, 1.82) is 0 Å². The molecule has 1 atom stereocenters. The highest BCUT2D eigenvalue weighted by atomic mass is 32.2. The first kappa shape index (κ1) is 15.2. The number of carbonyl (C=O) groups excluding carboxylic acids is 1. The molecule has 1 aromatic carbocycles. The molecule has 2 rings (SSSR count). The van der Waals surface area contributed by atoms with Crippen molar-refractivity contribution in [3.05, 3.63) is 33.9 Å². The quantitative estimate of drug-likeness (QED) is 0.642. The van der Waals surface area contributed by atoms with E-state index in [9.17, 15) is 23.3 Å². The SMILES string of the molecule is Cc1c(NC(=O)N[C@H]2CCS(=O)(=O)C2)cccc1[N+](=O)[O-]. The Balaban J connectivity index is 2.04. The number of nitro groups is 1. The number of nitrogens with zero attached hydrogens (tertiary/aromatic N) is 1. The largest absolute Gasteiger partial charge is 0.334 e. The molecule has 0 spiro atoms. The Morgan fingerprint density at radius 1 is 1.43 bits per heavy atom. The molecule has 0 saturated carbocycles. The summed E-state index contributed by atoms with van der Waals surface area (Å²) in [6.45, 7) is 1.54. The number of hydrogen-bond acceptors (Lipinski definition) is 5. The maximum Gasteiger partial charge on any atom is 0.319 e. The second-order valence-electron chi connectivity index (χ2n) is 4.91. The van der Waals surface area contributed by atoms with Crippen LogP contribution in [0.15, 0.2) is 18.2 Å². The van der Waals surface area contributed by atoms with Gasteiger partial charge >= 0.3 is 6.03 Å². The molecular weight excluding hydrogens is 298 g/mol. The van der Waals surface area contributed by atoms with Gasteiger partial charge in [0.15, 0.2) is 9.84 Å². The van der Waals surface area contributed by atoms with Crippen molar-refractivity contribution < 1.29 is 18.1 Å². The van der Waals surface area contributed by atoms with Gasteiger partial charge in [0.2, 0.25) is 0 Å². The van der Waals surface area contributed by atoms with Gasteiger partial charge < -0.3 is 10.6 Å². The summed E-state index contributed by atoms with van der Waals surface area (Å²) in [5, 5.41) is 15.9. The minimum atomic E-state index is -3.07. The lowest BCUT2D eigenvalue weighted by atomic mass is 10.1. The van der Waals surface area contributed by atoms with E-state index >= 15 is 0 Å². The highest BCUT2D eigenvalue weighted by molar-refractivity contribution is 7.91. The molecule has 1 aromatic rings. The number of nitro benzene ring substituents is 1. The van der Waals surface area contributed by atoms with Crippen LogP contribution >= 0.6 is 0 Å². The van der Waals surface area contributed by atoms with E-state index < -0.39 is 26.8 Å². The van der Waals surface area contributed by atoms with Crippen molar-refractivity contribution in [2.45, 2.75) is 19.4 Å². The molecule has 8 nitrogen and oxygen atoms in total. The van der Waals surface area contributed by atoms with E-state index in [0.717, 1.165) is 0 Å². The fraction of sp³-hybridized carbons (Fsp3) is 0.417. The summed E-state index contributed by atoms with van der Waals surface area (Å²) in [4.78, 5) is 22.1. The number of urea groups is 1. The molecule has 0 bridgehead atoms. The van der Waals surface area contributed by atoms with Crippen LogP contribution < -0.4 is 10.6 Å². The van der Waals surface area contributed by atoms with E-state index in [1.54, 1.807) is 6.07 Å². The molecule has 0 aliphatic carbocycles. The first-order chi connectivity index (χ1) is 9.78. The van der Waals surface area contributed by atoms with Crippen molar-refractivity contribution in [3.8, 4) is 0 Å². The molecule has 2 amide bonds. The molecule has 0 unspecified atom stereocenters. The summed E-state index contributed by atoms with van der Waals surface area (Å²) in [5.74, 6) is -0.0118. The predicted molar refractivity (Wildman–Crippen MR) is 77.0 cm³/mol. The molecule has 114 valence electrons. The number of nitrogens with one attached hydrogen (secondary N) is 2. The van der Waals surface area contributed by atoms with Crippen LogP contribution in [-0.2, 0) is 9.84 Å². The Kier molecular flexibility index (Phi) is 4.12. The molecule has 0 radical (unpaired) electrons. The molecule has 1 saturated heterocycles. The van der Waals surface area contributed by atoms with Crippen LogP contribution in [0.25, 0.3) is 0 Å². The van der Waals surface area contributed by atoms with Gasteiger partial charge in [-0.3, -0.25) is 10.1 Å². The topological polar surface area (TPSA) is 118 Å². The molecule has 1 aliphatic rings. The Labute approximate surface area is 121 Å². The second-order valence-corrected chi connectivity index (χ2v) is 7.13. The van der Waals surface area contributed by atoms with Crippen molar-refractivity contribution in [2.75, 3.05) is 16.8 Å². The van der Waals surface area contributed by atoms with Crippen molar-refractivity contribution in [2.24, 2.45) is 0 Å². The third-order valence-corrected chi connectivity index (χ3v) is 5.09. The molecule has 1 aliphatic heterocycles. The number of rotatable bonds is 3. The van der Waals surface area contributed by atoms with E-state index in [4.69, 9.17) is 0 Å². The van der Waals surface area contributed by atoms with Gasteiger partial charge in [0.1, 0.15) is 0 Å². The zero-order valence-corrected chi connectivity index (χ0v) is 12.1. The van der Waals surface area contributed by atoms with Crippen molar-refractivity contribution in [1.82, 2.24) is 5.32 Å². The zero-order valence-electron chi connectivity index (χ0n) is 11.3. The van der Waals surface area contributed by atoms with Gasteiger partial charge in [0, 0.05) is 12.1 Å². The van der Waals surface area contributed by atoms with Gasteiger partial charge in [0.25, 0.3) is 5.69 Å². The third-order valence-electron chi connectivity index (χ3n) is 3.32. The average Bonchev–Trinajstić information content (AvgIpc) is 2.70. The monoisotopic (exact) mass is 313 g/mol. The van der Waals surface area contributed by atoms with Crippen LogP contribution in [0.5, 0.6) is 0 Å². The Morgan fingerprint density at radius 2 is 2.14 bits per heavy atom. The zero-order chi connectivity index (χ0) is 15.6. The minimum Gasteiger partial charge on any atom is -0.334 e. The van der Waals surface area contributed by atoms with E-state index in [0.29, 0.717) is 17.7 Å². The van der Waals surface area contributed by atoms with Gasteiger partial charge in [-0.15, -0.1) is 0 Å². The highest BCUT2D eigenvalue weighted by Crippen LogP contribution is 2.25. The molecule has 0 aromatic heterocycles. The lowest BCUT2D eigenvalue weighted by Crippen LogP contribution is -2.38. The number of anilines is 1. The summed E-state index contributed by atoms with van der Waals surface area (Å²) < 4.78 is 22.6. The smallest absolute Gasteiger partial charge is 0.319 e. The highest BCUT2D eigenvalue weighted by Gasteiger charge is 2.29. The fourth-order valence-corrected chi connectivity index (χ4v) is 3.88. The summed E-state index contributed by atoms with van der Waals surface area (Å²) in [7, 11) is -3.07. The molecule has 1 heterocycles. The van der Waals surface area contributed by atoms with Crippen LogP contribution in [0.2, 0.25) is 0 Å². The first-order valence-corrected chi connectivity index (χ1v) is 8.12. The lowest BCUT2D eigenvalue weighted by Gasteiger charge is -2.13. The van der Waals surface area contributed by atoms with E-state index in [1.807, 2.05) is 0 Å². The van der Waals surface area contributed by atoms with E-state index in [2.05, 4.69) is 10.6 Å². The predicted octanol–water partition coefficient (Wildman–Crippen LogP) is 1.21. The van der Waals surface area contributed by atoms with Crippen LogP contribution in [0, 0.1) is 17.0 Å². The van der Waals surface area contributed by atoms with E-state index in [-0.39, 0.29) is 17.2 Å². The maximum atomic E-state index is 11.8. The third kappa shape index (κ3) is 3.69. The molecule has 2 N–H and O–H groups in total. The van der Waals surface area contributed by atoms with Crippen LogP contribution in [0.1, 0.15) is 12.0 Å². The lowest BCUT2D eigenvalue weighted by molar-refractivity contribution is -0.385. The number of hydrogen-bond donors (Lipinski definition) is 2. The second kappa shape index (κ2) is 5.68. The molecule has 1 fully saturated rings. The van der Waals surface area contributed by atoms with Crippen LogP contribution in [0.4, 0.5) is 16.2 Å². The van der Waals surface area contributed by atoms with Gasteiger partial charge in [0.05, 0.1) is 27.7 Å². The number of sulfone groups is 1. The number of carbonyl (C=O) groups is 1. The van der Waals surface area contributed by atoms with E-state index in [1.165, 1.54) is 19.1 Å². The number of amides is 2. The summed E-state index contributed by atoms with van der Waals surface area (Å²) >= 11 is 0. The van der Waals surface area contributed by atoms with Gasteiger partial charge in [-0.2, -0.15) is 0 Å². The summed E-state index contributed by atoms with van der Waals surface area (Å²) in [6.07, 6.45) is 0.379. The summed E-state index contributed by atoms with van der Waals surface area (Å²) in [5.41, 5.74) is 0.579. The molecule has 21 heavy (non-hydrogen) atoms. The Hall–Kier alpha value is -2.16. The Morgan fingerprint density at radius 3 is 2.71 bits per heavy atom. The molecular formula is C12H15N3O5S. The molecule has 9 heteroatoms. The van der Waals surface area contributed by atoms with Crippen molar-refractivity contribution in [3.63, 3.8) is 0 Å². The fourth-order valence-electron chi connectivity index (χ4n) is 2.21. The first-order valence-electron chi connectivity index (χ1n) is 6.30. The Bertz CT molecular complexity index is 686. The van der Waals surface area contributed by atoms with Crippen LogP contribution in [-0.4, -0.2) is 36.9 Å². The maximum absolute atomic E-state index is 11.8. The summed E-state index contributed by atoms with van der Waals surface area (Å²) in [6, 6.07) is 3.38. The standard InChI is InChI=1S/C12H15N3O5S/c1-8-10(3-2-4-11(8)15(17)18)14-12(16)13-9-5-6-21(19,20)7-9/h2-4,9H,5-7H2,1H3,(H2,13,14,16)/t9-/m0/s1. The van der Waals surface area contributed by atoms with Crippen LogP contribution in [0.3, 0.4) is 0 Å². The minimum absolute atomic E-state index is 0.0633. The van der Waals surface area contributed by atoms with Gasteiger partial charge in [-0.1, -0.05) is 6.07 Å². The van der Waals surface area contributed by atoms with Gasteiger partial charge in [-0.05, 0) is 19.4 Å². The number of benzene rings is 1. The van der Waals surface area contributed by atoms with Crippen molar-refractivity contribution >= 4 is 27.2 Å².